The van der Waals surface area contributed by atoms with E-state index in [-0.39, 0.29) is 18.4 Å². The average molecular weight is 287 g/mol. The van der Waals surface area contributed by atoms with E-state index in [1.807, 2.05) is 6.92 Å². The number of nitrogens with zero attached hydrogens (tertiary/aromatic N) is 1. The van der Waals surface area contributed by atoms with Crippen molar-refractivity contribution in [2.75, 3.05) is 32.7 Å². The molecular weight excluding hydrogens is 258 g/mol. The smallest absolute Gasteiger partial charge is 0.314 e. The first-order valence-corrected chi connectivity index (χ1v) is 7.49. The van der Waals surface area contributed by atoms with Crippen LogP contribution in [0.4, 0.5) is 4.79 Å². The van der Waals surface area contributed by atoms with Gasteiger partial charge in [0.1, 0.15) is 0 Å². The fraction of sp³-hybridized carbons (Fsp3) is 0.857. The zero-order valence-electron chi connectivity index (χ0n) is 12.9. The van der Waals surface area contributed by atoms with Crippen molar-refractivity contribution >= 4 is 12.0 Å². The fourth-order valence-electron chi connectivity index (χ4n) is 1.98. The summed E-state index contributed by atoms with van der Waals surface area (Å²) in [6, 6.07) is -0.221. The van der Waals surface area contributed by atoms with Crippen LogP contribution in [0.15, 0.2) is 0 Å². The summed E-state index contributed by atoms with van der Waals surface area (Å²) in [6.45, 7) is 10.0. The molecule has 6 heteroatoms. The molecule has 118 valence electrons. The van der Waals surface area contributed by atoms with Gasteiger partial charge < -0.3 is 20.6 Å². The quantitative estimate of drug-likeness (QED) is 0.538. The Bertz CT molecular complexity index is 285. The van der Waals surface area contributed by atoms with Crippen LogP contribution in [0.3, 0.4) is 0 Å². The number of carboxylic acids is 1. The molecule has 0 aliphatic carbocycles. The molecule has 0 aromatic carbocycles. The topological polar surface area (TPSA) is 81.7 Å². The number of urea groups is 1. The van der Waals surface area contributed by atoms with Crippen molar-refractivity contribution in [3.63, 3.8) is 0 Å². The van der Waals surface area contributed by atoms with Crippen LogP contribution < -0.4 is 10.6 Å². The van der Waals surface area contributed by atoms with E-state index in [1.54, 1.807) is 0 Å². The molecular formula is C14H29N3O3. The number of rotatable bonds is 11. The van der Waals surface area contributed by atoms with Gasteiger partial charge in [-0.2, -0.15) is 0 Å². The molecule has 0 radical (unpaired) electrons. The highest BCUT2D eigenvalue weighted by Crippen LogP contribution is 2.06. The van der Waals surface area contributed by atoms with Gasteiger partial charge in [-0.15, -0.1) is 0 Å². The molecule has 0 heterocycles. The molecule has 0 aromatic rings. The average Bonchev–Trinajstić information content (AvgIpc) is 2.41. The van der Waals surface area contributed by atoms with E-state index in [0.29, 0.717) is 13.1 Å². The van der Waals surface area contributed by atoms with Crippen LogP contribution in [0.2, 0.25) is 0 Å². The Labute approximate surface area is 121 Å². The molecule has 20 heavy (non-hydrogen) atoms. The third-order valence-electron chi connectivity index (χ3n) is 3.29. The molecule has 0 aliphatic heterocycles. The van der Waals surface area contributed by atoms with E-state index in [4.69, 9.17) is 5.11 Å². The summed E-state index contributed by atoms with van der Waals surface area (Å²) in [5.74, 6) is -0.831. The highest BCUT2D eigenvalue weighted by Gasteiger charge is 2.12. The maximum absolute atomic E-state index is 11.6. The highest BCUT2D eigenvalue weighted by molar-refractivity contribution is 5.74. The Hall–Kier alpha value is -1.30. The van der Waals surface area contributed by atoms with Crippen molar-refractivity contribution in [2.24, 2.45) is 5.92 Å². The maximum atomic E-state index is 11.6. The first-order chi connectivity index (χ1) is 9.53. The molecule has 0 rings (SSSR count). The molecule has 3 N–H and O–H groups in total. The lowest BCUT2D eigenvalue weighted by Gasteiger charge is -2.20. The number of hydrogen-bond donors (Lipinski definition) is 3. The van der Waals surface area contributed by atoms with Gasteiger partial charge in [-0.25, -0.2) is 4.79 Å². The zero-order chi connectivity index (χ0) is 15.4. The third kappa shape index (κ3) is 9.61. The van der Waals surface area contributed by atoms with Crippen LogP contribution in [0.25, 0.3) is 0 Å². The van der Waals surface area contributed by atoms with Crippen molar-refractivity contribution < 1.29 is 14.7 Å². The Kier molecular flexibility index (Phi) is 10.8. The molecule has 0 aromatic heterocycles. The molecule has 0 fully saturated rings. The Morgan fingerprint density at radius 1 is 1.15 bits per heavy atom. The summed E-state index contributed by atoms with van der Waals surface area (Å²) < 4.78 is 0. The summed E-state index contributed by atoms with van der Waals surface area (Å²) in [6.07, 6.45) is 1.94. The van der Waals surface area contributed by atoms with Crippen molar-refractivity contribution in [1.82, 2.24) is 15.5 Å². The number of hydrogen-bond acceptors (Lipinski definition) is 3. The summed E-state index contributed by atoms with van der Waals surface area (Å²) in [7, 11) is 0. The van der Waals surface area contributed by atoms with Gasteiger partial charge in [-0.05, 0) is 25.4 Å². The van der Waals surface area contributed by atoms with E-state index in [1.165, 1.54) is 0 Å². The van der Waals surface area contributed by atoms with Gasteiger partial charge in [0.05, 0.1) is 0 Å². The van der Waals surface area contributed by atoms with Crippen molar-refractivity contribution in [2.45, 2.75) is 40.0 Å². The highest BCUT2D eigenvalue weighted by atomic mass is 16.4. The molecule has 0 bridgehead atoms. The number of carboxylic acid groups (broad SMARTS) is 1. The van der Waals surface area contributed by atoms with E-state index in [9.17, 15) is 9.59 Å². The molecule has 1 atom stereocenters. The Morgan fingerprint density at radius 3 is 2.35 bits per heavy atom. The number of carbonyl (C=O) groups excluding carboxylic acids is 1. The number of amides is 2. The predicted octanol–water partition coefficient (Wildman–Crippen LogP) is 1.52. The van der Waals surface area contributed by atoms with Crippen molar-refractivity contribution in [3.8, 4) is 0 Å². The van der Waals surface area contributed by atoms with Crippen LogP contribution in [-0.2, 0) is 4.79 Å². The van der Waals surface area contributed by atoms with Crippen LogP contribution in [0.1, 0.15) is 40.0 Å². The van der Waals surface area contributed by atoms with Crippen LogP contribution in [0.5, 0.6) is 0 Å². The monoisotopic (exact) mass is 287 g/mol. The summed E-state index contributed by atoms with van der Waals surface area (Å²) >= 11 is 0. The summed E-state index contributed by atoms with van der Waals surface area (Å²) in [5.41, 5.74) is 0. The predicted molar refractivity (Wildman–Crippen MR) is 79.8 cm³/mol. The second kappa shape index (κ2) is 11.5. The normalized spacial score (nSPS) is 12.2. The lowest BCUT2D eigenvalue weighted by molar-refractivity contribution is -0.138. The molecule has 1 unspecified atom stereocenters. The van der Waals surface area contributed by atoms with Gasteiger partial charge in [-0.3, -0.25) is 4.79 Å². The van der Waals surface area contributed by atoms with Gasteiger partial charge in [0.15, 0.2) is 0 Å². The molecule has 0 saturated carbocycles. The largest absolute Gasteiger partial charge is 0.481 e. The van der Waals surface area contributed by atoms with E-state index < -0.39 is 5.97 Å². The van der Waals surface area contributed by atoms with Gasteiger partial charge in [-0.1, -0.05) is 27.2 Å². The minimum absolute atomic E-state index is 0.00881. The minimum atomic E-state index is -0.822. The second-order valence-electron chi connectivity index (χ2n) is 4.94. The molecule has 0 spiro atoms. The maximum Gasteiger partial charge on any atom is 0.314 e. The molecule has 6 nitrogen and oxygen atoms in total. The van der Waals surface area contributed by atoms with Gasteiger partial charge in [0.2, 0.25) is 0 Å². The number of nitrogens with one attached hydrogen (secondary N) is 2. The first kappa shape index (κ1) is 18.7. The summed E-state index contributed by atoms with van der Waals surface area (Å²) in [5, 5.41) is 14.3. The van der Waals surface area contributed by atoms with Crippen LogP contribution in [-0.4, -0.2) is 54.7 Å². The Balaban J connectivity index is 3.79. The van der Waals surface area contributed by atoms with Crippen LogP contribution >= 0.6 is 0 Å². The van der Waals surface area contributed by atoms with Crippen molar-refractivity contribution in [3.05, 3.63) is 0 Å². The minimum Gasteiger partial charge on any atom is -0.481 e. The standard InChI is InChI=1S/C14H29N3O3/c1-4-8-17(6-3)9-7-15-14(20)16-11-12(5-2)10-13(18)19/h12H,4-11H2,1-3H3,(H,18,19)(H2,15,16,20). The van der Waals surface area contributed by atoms with Crippen molar-refractivity contribution in [1.29, 1.82) is 0 Å². The Morgan fingerprint density at radius 2 is 1.85 bits per heavy atom. The first-order valence-electron chi connectivity index (χ1n) is 7.49. The van der Waals surface area contributed by atoms with Gasteiger partial charge in [0, 0.05) is 26.1 Å². The van der Waals surface area contributed by atoms with Gasteiger partial charge in [0.25, 0.3) is 0 Å². The van der Waals surface area contributed by atoms with E-state index >= 15 is 0 Å². The summed E-state index contributed by atoms with van der Waals surface area (Å²) in [4.78, 5) is 24.5. The van der Waals surface area contributed by atoms with E-state index in [0.717, 1.165) is 32.5 Å². The molecule has 2 amide bonds. The third-order valence-corrected chi connectivity index (χ3v) is 3.29. The second-order valence-corrected chi connectivity index (χ2v) is 4.94. The fourth-order valence-corrected chi connectivity index (χ4v) is 1.98. The number of likely N-dealkylation sites (N-methyl/N-ethyl adjacent to an activating group) is 1. The molecule has 0 saturated heterocycles. The number of carbonyl (C=O) groups is 2. The lowest BCUT2D eigenvalue weighted by atomic mass is 10.0. The van der Waals surface area contributed by atoms with Gasteiger partial charge >= 0.3 is 12.0 Å². The molecule has 0 aliphatic rings. The lowest BCUT2D eigenvalue weighted by Crippen LogP contribution is -2.42. The zero-order valence-corrected chi connectivity index (χ0v) is 12.9. The SMILES string of the molecule is CCCN(CC)CCNC(=O)NCC(CC)CC(=O)O. The number of aliphatic carboxylic acids is 1. The van der Waals surface area contributed by atoms with E-state index in [2.05, 4.69) is 29.4 Å². The van der Waals surface area contributed by atoms with Crippen LogP contribution in [0, 0.1) is 5.92 Å².